The van der Waals surface area contributed by atoms with Gasteiger partial charge < -0.3 is 69.1 Å². The third-order valence-corrected chi connectivity index (χ3v) is 11.3. The van der Waals surface area contributed by atoms with Crippen LogP contribution in [-0.4, -0.2) is 141 Å². The highest BCUT2D eigenvalue weighted by molar-refractivity contribution is 5.98. The lowest BCUT2D eigenvalue weighted by Crippen LogP contribution is -2.63. The van der Waals surface area contributed by atoms with Gasteiger partial charge in [-0.15, -0.1) is 0 Å². The molecule has 0 aliphatic heterocycles. The van der Waals surface area contributed by atoms with Crippen molar-refractivity contribution in [1.29, 1.82) is 0 Å². The standard InChI is InChI=1S/C45H75N9O13/c1-8-25(5)35(52-38(59)29(47)23-55)42(63)53-36(26(6)9-2)43(64)54-37(27(7)56)44(65)50-32(22-28-15-11-10-12-16-28)41(62)49-31(18-19-34(57)58)40(61)48-30(17-13-14-20-46)39(60)51-33(45(66)67)21-24(3)4/h10-12,15-16,24-27,29-33,35-37,55-56H,8-9,13-14,17-23,46-47H2,1-7H3,(H,48,61)(H,49,62)(H,50,65)(H,51,60)(H,52,59)(H,53,63)(H,54,64)(H,57,58)(H,66,67). The van der Waals surface area contributed by atoms with E-state index in [1.54, 1.807) is 71.9 Å². The Labute approximate surface area is 392 Å². The maximum atomic E-state index is 14.2. The van der Waals surface area contributed by atoms with E-state index in [1.807, 2.05) is 0 Å². The van der Waals surface area contributed by atoms with Crippen molar-refractivity contribution in [3.8, 4) is 0 Å². The quantitative estimate of drug-likeness (QED) is 0.0367. The first-order valence-electron chi connectivity index (χ1n) is 22.9. The Morgan fingerprint density at radius 2 is 1.03 bits per heavy atom. The van der Waals surface area contributed by atoms with Crippen LogP contribution in [0, 0.1) is 17.8 Å². The van der Waals surface area contributed by atoms with Crippen LogP contribution in [0.1, 0.15) is 105 Å². The molecule has 0 saturated carbocycles. The van der Waals surface area contributed by atoms with E-state index in [0.717, 1.165) is 0 Å². The molecule has 1 rings (SSSR count). The van der Waals surface area contributed by atoms with Crippen LogP contribution < -0.4 is 48.7 Å². The molecule has 378 valence electrons. The molecule has 0 bridgehead atoms. The second kappa shape index (κ2) is 30.6. The molecule has 7 amide bonds. The number of nitrogens with two attached hydrogens (primary N) is 2. The second-order valence-electron chi connectivity index (χ2n) is 17.4. The Balaban J connectivity index is 3.55. The van der Waals surface area contributed by atoms with Crippen molar-refractivity contribution < 1.29 is 63.6 Å². The van der Waals surface area contributed by atoms with Crippen molar-refractivity contribution in [3.05, 3.63) is 35.9 Å². The number of carboxylic acids is 2. The fraction of sp³-hybridized carbons (Fsp3) is 0.667. The lowest BCUT2D eigenvalue weighted by atomic mass is 9.94. The van der Waals surface area contributed by atoms with Crippen LogP contribution >= 0.6 is 0 Å². The molecule has 11 unspecified atom stereocenters. The Morgan fingerprint density at radius 1 is 0.582 bits per heavy atom. The molecule has 1 aromatic carbocycles. The smallest absolute Gasteiger partial charge is 0.326 e. The Bertz CT molecular complexity index is 1780. The fourth-order valence-corrected chi connectivity index (χ4v) is 6.77. The SMILES string of the molecule is CCC(C)C(NC(=O)C(N)CO)C(=O)NC(C(=O)NC(C(=O)NC(Cc1ccccc1)C(=O)NC(CCC(=O)O)C(=O)NC(CCCCN)C(=O)NC(CC(C)C)C(=O)O)C(C)O)C(C)CC. The van der Waals surface area contributed by atoms with Crippen LogP contribution in [0.4, 0.5) is 0 Å². The van der Waals surface area contributed by atoms with Crippen LogP contribution in [0.5, 0.6) is 0 Å². The number of aliphatic carboxylic acids is 2. The molecule has 0 aromatic heterocycles. The van der Waals surface area contributed by atoms with E-state index in [0.29, 0.717) is 31.2 Å². The van der Waals surface area contributed by atoms with Gasteiger partial charge in [-0.1, -0.05) is 84.7 Å². The van der Waals surface area contributed by atoms with E-state index < -0.39 is 139 Å². The molecule has 0 spiro atoms. The minimum absolute atomic E-state index is 0.0252. The summed E-state index contributed by atoms with van der Waals surface area (Å²) in [5, 5.41) is 57.1. The summed E-state index contributed by atoms with van der Waals surface area (Å²) in [5.41, 5.74) is 11.8. The van der Waals surface area contributed by atoms with E-state index >= 15 is 0 Å². The van der Waals surface area contributed by atoms with E-state index in [2.05, 4.69) is 37.2 Å². The van der Waals surface area contributed by atoms with Gasteiger partial charge in [-0.25, -0.2) is 4.79 Å². The molecular weight excluding hydrogens is 875 g/mol. The van der Waals surface area contributed by atoms with E-state index in [-0.39, 0.29) is 31.7 Å². The largest absolute Gasteiger partial charge is 0.481 e. The zero-order valence-electron chi connectivity index (χ0n) is 39.7. The summed E-state index contributed by atoms with van der Waals surface area (Å²) in [5.74, 6) is -9.94. The average molecular weight is 950 g/mol. The van der Waals surface area contributed by atoms with Gasteiger partial charge in [0.25, 0.3) is 0 Å². The lowest BCUT2D eigenvalue weighted by Gasteiger charge is -2.31. The number of carbonyl (C=O) groups excluding carboxylic acids is 7. The molecule has 0 fully saturated rings. The molecule has 0 aliphatic rings. The molecule has 0 aliphatic carbocycles. The van der Waals surface area contributed by atoms with Gasteiger partial charge >= 0.3 is 11.9 Å². The van der Waals surface area contributed by atoms with Gasteiger partial charge in [0.05, 0.1) is 12.7 Å². The Morgan fingerprint density at radius 3 is 1.48 bits per heavy atom. The van der Waals surface area contributed by atoms with Gasteiger partial charge in [-0.2, -0.15) is 0 Å². The first-order chi connectivity index (χ1) is 31.5. The van der Waals surface area contributed by atoms with Crippen LogP contribution in [0.3, 0.4) is 0 Å². The number of nitrogens with one attached hydrogen (secondary N) is 7. The molecule has 67 heavy (non-hydrogen) atoms. The molecule has 0 saturated heterocycles. The number of amides is 7. The fourth-order valence-electron chi connectivity index (χ4n) is 6.77. The maximum absolute atomic E-state index is 14.2. The first-order valence-corrected chi connectivity index (χ1v) is 22.9. The molecule has 0 radical (unpaired) electrons. The van der Waals surface area contributed by atoms with Crippen LogP contribution in [0.25, 0.3) is 0 Å². The maximum Gasteiger partial charge on any atom is 0.326 e. The van der Waals surface area contributed by atoms with Crippen molar-refractivity contribution in [3.63, 3.8) is 0 Å². The number of hydrogen-bond acceptors (Lipinski definition) is 13. The van der Waals surface area contributed by atoms with Crippen molar-refractivity contribution in [2.24, 2.45) is 29.2 Å². The second-order valence-corrected chi connectivity index (χ2v) is 17.4. The third kappa shape index (κ3) is 21.2. The van der Waals surface area contributed by atoms with Crippen molar-refractivity contribution in [2.75, 3.05) is 13.2 Å². The summed E-state index contributed by atoms with van der Waals surface area (Å²) in [7, 11) is 0. The van der Waals surface area contributed by atoms with Crippen LogP contribution in [0.15, 0.2) is 30.3 Å². The Hall–Kier alpha value is -5.71. The van der Waals surface area contributed by atoms with Crippen molar-refractivity contribution in [2.45, 2.75) is 161 Å². The predicted molar refractivity (Wildman–Crippen MR) is 246 cm³/mol. The van der Waals surface area contributed by atoms with Crippen molar-refractivity contribution in [1.82, 2.24) is 37.2 Å². The van der Waals surface area contributed by atoms with Crippen LogP contribution in [-0.2, 0) is 49.6 Å². The van der Waals surface area contributed by atoms with E-state index in [9.17, 15) is 63.6 Å². The topological polar surface area (TPSA) is 371 Å². The molecule has 15 N–H and O–H groups in total. The number of carbonyl (C=O) groups is 9. The third-order valence-electron chi connectivity index (χ3n) is 11.3. The monoisotopic (exact) mass is 950 g/mol. The molecule has 0 heterocycles. The number of rotatable bonds is 32. The first kappa shape index (κ1) is 59.3. The van der Waals surface area contributed by atoms with E-state index in [1.165, 1.54) is 6.92 Å². The van der Waals surface area contributed by atoms with Crippen LogP contribution in [0.2, 0.25) is 0 Å². The van der Waals surface area contributed by atoms with Gasteiger partial charge in [0.1, 0.15) is 48.3 Å². The lowest BCUT2D eigenvalue weighted by molar-refractivity contribution is -0.143. The van der Waals surface area contributed by atoms with Gasteiger partial charge in [0.15, 0.2) is 0 Å². The summed E-state index contributed by atoms with van der Waals surface area (Å²) >= 11 is 0. The van der Waals surface area contributed by atoms with Gasteiger partial charge in [0, 0.05) is 12.8 Å². The zero-order chi connectivity index (χ0) is 51.0. The summed E-state index contributed by atoms with van der Waals surface area (Å²) < 4.78 is 0. The Kier molecular flexibility index (Phi) is 27.0. The molecule has 22 nitrogen and oxygen atoms in total. The molecular formula is C45H75N9O13. The number of hydrogen-bond donors (Lipinski definition) is 13. The summed E-state index contributed by atoms with van der Waals surface area (Å²) in [6, 6.07) is -2.85. The average Bonchev–Trinajstić information content (AvgIpc) is 3.28. The van der Waals surface area contributed by atoms with Gasteiger partial charge in [0.2, 0.25) is 41.4 Å². The zero-order valence-corrected chi connectivity index (χ0v) is 39.7. The number of carboxylic acid groups (broad SMARTS) is 2. The molecule has 22 heteroatoms. The highest BCUT2D eigenvalue weighted by atomic mass is 16.4. The molecule has 11 atom stereocenters. The molecule has 1 aromatic rings. The van der Waals surface area contributed by atoms with Gasteiger partial charge in [-0.05, 0) is 68.9 Å². The minimum Gasteiger partial charge on any atom is -0.481 e. The van der Waals surface area contributed by atoms with Crippen molar-refractivity contribution >= 4 is 53.3 Å². The number of benzene rings is 1. The summed E-state index contributed by atoms with van der Waals surface area (Å²) in [6.07, 6.45) is -1.16. The predicted octanol–water partition coefficient (Wildman–Crippen LogP) is -1.46. The summed E-state index contributed by atoms with van der Waals surface area (Å²) in [4.78, 5) is 119. The number of aliphatic hydroxyl groups excluding tert-OH is 2. The highest BCUT2D eigenvalue weighted by Gasteiger charge is 2.37. The number of aliphatic hydroxyl groups is 2. The number of unbranched alkanes of at least 4 members (excludes halogenated alkanes) is 1. The highest BCUT2D eigenvalue weighted by Crippen LogP contribution is 2.15. The minimum atomic E-state index is -1.72. The summed E-state index contributed by atoms with van der Waals surface area (Å²) in [6.45, 7) is 11.2. The van der Waals surface area contributed by atoms with E-state index in [4.69, 9.17) is 11.5 Å². The normalized spacial score (nSPS) is 16.2. The van der Waals surface area contributed by atoms with Gasteiger partial charge in [-0.3, -0.25) is 38.4 Å².